The Labute approximate surface area is 158 Å². The zero-order chi connectivity index (χ0) is 19.6. The Balaban J connectivity index is 1.75. The van der Waals surface area contributed by atoms with Gasteiger partial charge in [0.25, 0.3) is 5.91 Å². The maximum absolute atomic E-state index is 12.8. The Hall–Kier alpha value is -1.97. The number of carboxylic acid groups (broad SMARTS) is 1. The van der Waals surface area contributed by atoms with Gasteiger partial charge >= 0.3 is 5.97 Å². The van der Waals surface area contributed by atoms with Crippen LogP contribution in [-0.4, -0.2) is 73.5 Å². The first-order valence-corrected chi connectivity index (χ1v) is 10.5. The first kappa shape index (κ1) is 19.8. The highest BCUT2D eigenvalue weighted by Crippen LogP contribution is 2.29. The Morgan fingerprint density at radius 1 is 1.22 bits per heavy atom. The number of carboxylic acids is 1. The zero-order valence-corrected chi connectivity index (χ0v) is 16.0. The average Bonchev–Trinajstić information content (AvgIpc) is 3.51. The van der Waals surface area contributed by atoms with Gasteiger partial charge in [0.15, 0.2) is 0 Å². The summed E-state index contributed by atoms with van der Waals surface area (Å²) in [6.45, 7) is 3.08. The fraction of sp³-hybridized carbons (Fsp3) is 0.556. The molecule has 1 saturated heterocycles. The van der Waals surface area contributed by atoms with E-state index < -0.39 is 21.9 Å². The summed E-state index contributed by atoms with van der Waals surface area (Å²) in [6, 6.07) is 5.93. The number of amides is 1. The topological polar surface area (TPSA) is 104 Å². The van der Waals surface area contributed by atoms with Crippen molar-refractivity contribution in [2.45, 2.75) is 30.7 Å². The molecular weight excluding hydrogens is 372 g/mol. The molecular formula is C18H24N2O6S. The highest BCUT2D eigenvalue weighted by molar-refractivity contribution is 7.89. The first-order chi connectivity index (χ1) is 12.8. The second-order valence-electron chi connectivity index (χ2n) is 6.97. The van der Waals surface area contributed by atoms with Crippen LogP contribution in [0.4, 0.5) is 0 Å². The number of nitrogens with zero attached hydrogens (tertiary/aromatic N) is 2. The van der Waals surface area contributed by atoms with Gasteiger partial charge in [0.2, 0.25) is 10.0 Å². The van der Waals surface area contributed by atoms with E-state index in [2.05, 4.69) is 0 Å². The van der Waals surface area contributed by atoms with Crippen molar-refractivity contribution in [2.75, 3.05) is 32.8 Å². The van der Waals surface area contributed by atoms with Crippen LogP contribution in [0.1, 0.15) is 30.1 Å². The van der Waals surface area contributed by atoms with E-state index in [1.165, 1.54) is 28.6 Å². The van der Waals surface area contributed by atoms with Crippen molar-refractivity contribution in [1.82, 2.24) is 9.21 Å². The van der Waals surface area contributed by atoms with Gasteiger partial charge in [-0.15, -0.1) is 0 Å². The fourth-order valence-corrected chi connectivity index (χ4v) is 4.44. The van der Waals surface area contributed by atoms with Gasteiger partial charge in [0.05, 0.1) is 24.0 Å². The van der Waals surface area contributed by atoms with Gasteiger partial charge < -0.3 is 14.7 Å². The minimum atomic E-state index is -3.61. The van der Waals surface area contributed by atoms with E-state index in [4.69, 9.17) is 9.84 Å². The summed E-state index contributed by atoms with van der Waals surface area (Å²) in [7, 11) is -3.61. The number of aliphatic carboxylic acids is 1. The van der Waals surface area contributed by atoms with Crippen molar-refractivity contribution in [1.29, 1.82) is 0 Å². The molecule has 3 rings (SSSR count). The monoisotopic (exact) mass is 396 g/mol. The number of benzene rings is 1. The number of carbonyl (C=O) groups is 2. The molecule has 1 N–H and O–H groups in total. The van der Waals surface area contributed by atoms with Gasteiger partial charge in [-0.3, -0.25) is 9.59 Å². The summed E-state index contributed by atoms with van der Waals surface area (Å²) in [5.74, 6) is -1.86. The van der Waals surface area contributed by atoms with Crippen molar-refractivity contribution in [3.63, 3.8) is 0 Å². The SMILES string of the molecule is CC(CN(C(=O)c1ccc(S(=O)(=O)N2CCOCC2)cc1)C1CC1)C(=O)O. The van der Waals surface area contributed by atoms with E-state index in [0.717, 1.165) is 12.8 Å². The molecule has 1 saturated carbocycles. The molecule has 1 aliphatic heterocycles. The summed E-state index contributed by atoms with van der Waals surface area (Å²) in [5.41, 5.74) is 0.361. The smallest absolute Gasteiger partial charge is 0.308 e. The number of rotatable bonds is 7. The maximum Gasteiger partial charge on any atom is 0.308 e. The molecule has 148 valence electrons. The van der Waals surface area contributed by atoms with Crippen LogP contribution in [0.25, 0.3) is 0 Å². The summed E-state index contributed by atoms with van der Waals surface area (Å²) in [5, 5.41) is 9.12. The second kappa shape index (κ2) is 7.95. The quantitative estimate of drug-likeness (QED) is 0.738. The van der Waals surface area contributed by atoms with E-state index >= 15 is 0 Å². The highest BCUT2D eigenvalue weighted by Gasteiger charge is 2.35. The van der Waals surface area contributed by atoms with Crippen LogP contribution in [0.3, 0.4) is 0 Å². The number of sulfonamides is 1. The third-order valence-corrected chi connectivity index (χ3v) is 6.76. The van der Waals surface area contributed by atoms with Gasteiger partial charge in [-0.2, -0.15) is 4.31 Å². The molecule has 1 aliphatic carbocycles. The van der Waals surface area contributed by atoms with Gasteiger partial charge in [-0.05, 0) is 37.1 Å². The molecule has 1 amide bonds. The summed E-state index contributed by atoms with van der Waals surface area (Å²) < 4.78 is 31.9. The maximum atomic E-state index is 12.8. The minimum Gasteiger partial charge on any atom is -0.481 e. The van der Waals surface area contributed by atoms with Crippen LogP contribution < -0.4 is 0 Å². The molecule has 9 heteroatoms. The van der Waals surface area contributed by atoms with E-state index in [9.17, 15) is 18.0 Å². The molecule has 0 spiro atoms. The second-order valence-corrected chi connectivity index (χ2v) is 8.91. The zero-order valence-electron chi connectivity index (χ0n) is 15.2. The predicted octanol–water partition coefficient (Wildman–Crippen LogP) is 1.03. The van der Waals surface area contributed by atoms with Gasteiger partial charge in [0, 0.05) is 31.2 Å². The molecule has 1 heterocycles. The molecule has 2 fully saturated rings. The summed E-state index contributed by atoms with van der Waals surface area (Å²) in [6.07, 6.45) is 1.73. The van der Waals surface area contributed by atoms with E-state index in [1.807, 2.05) is 0 Å². The summed E-state index contributed by atoms with van der Waals surface area (Å²) in [4.78, 5) is 25.7. The third kappa shape index (κ3) is 4.48. The molecule has 27 heavy (non-hydrogen) atoms. The van der Waals surface area contributed by atoms with Crippen molar-refractivity contribution in [3.8, 4) is 0 Å². The number of morpholine rings is 1. The highest BCUT2D eigenvalue weighted by atomic mass is 32.2. The first-order valence-electron chi connectivity index (χ1n) is 9.02. The van der Waals surface area contributed by atoms with Crippen molar-refractivity contribution < 1.29 is 27.9 Å². The van der Waals surface area contributed by atoms with Crippen molar-refractivity contribution in [2.24, 2.45) is 5.92 Å². The third-order valence-electron chi connectivity index (χ3n) is 4.85. The number of hydrogen-bond donors (Lipinski definition) is 1. The van der Waals surface area contributed by atoms with Gasteiger partial charge in [-0.25, -0.2) is 8.42 Å². The molecule has 0 bridgehead atoms. The molecule has 1 aromatic rings. The van der Waals surface area contributed by atoms with Crippen LogP contribution in [0.2, 0.25) is 0 Å². The molecule has 1 atom stereocenters. The van der Waals surface area contributed by atoms with Crippen molar-refractivity contribution in [3.05, 3.63) is 29.8 Å². The average molecular weight is 396 g/mol. The van der Waals surface area contributed by atoms with Gasteiger partial charge in [-0.1, -0.05) is 6.92 Å². The van der Waals surface area contributed by atoms with E-state index in [-0.39, 0.29) is 23.4 Å². The Morgan fingerprint density at radius 3 is 2.33 bits per heavy atom. The molecule has 1 aromatic carbocycles. The largest absolute Gasteiger partial charge is 0.481 e. The number of ether oxygens (including phenoxy) is 1. The van der Waals surface area contributed by atoms with Crippen molar-refractivity contribution >= 4 is 21.9 Å². The lowest BCUT2D eigenvalue weighted by atomic mass is 10.1. The molecule has 2 aliphatic rings. The molecule has 1 unspecified atom stereocenters. The minimum absolute atomic E-state index is 0.0658. The Kier molecular flexibility index (Phi) is 5.83. The number of hydrogen-bond acceptors (Lipinski definition) is 5. The lowest BCUT2D eigenvalue weighted by Gasteiger charge is -2.26. The normalized spacial score (nSPS) is 19.4. The predicted molar refractivity (Wildman–Crippen MR) is 96.9 cm³/mol. The number of carbonyl (C=O) groups excluding carboxylic acids is 1. The lowest BCUT2D eigenvalue weighted by Crippen LogP contribution is -2.40. The standard InChI is InChI=1S/C18H24N2O6S/c1-13(18(22)23)12-20(15-4-5-15)17(21)14-2-6-16(7-3-14)27(24,25)19-8-10-26-11-9-19/h2-3,6-7,13,15H,4-5,8-12H2,1H3,(H,22,23). The summed E-state index contributed by atoms with van der Waals surface area (Å²) >= 11 is 0. The Morgan fingerprint density at radius 2 is 1.81 bits per heavy atom. The van der Waals surface area contributed by atoms with Crippen LogP contribution >= 0.6 is 0 Å². The van der Waals surface area contributed by atoms with Crippen LogP contribution in [0.15, 0.2) is 29.2 Å². The van der Waals surface area contributed by atoms with E-state index in [0.29, 0.717) is 31.9 Å². The van der Waals surface area contributed by atoms with Crippen LogP contribution in [0, 0.1) is 5.92 Å². The molecule has 8 nitrogen and oxygen atoms in total. The Bertz CT molecular complexity index is 798. The fourth-order valence-electron chi connectivity index (χ4n) is 3.03. The van der Waals surface area contributed by atoms with Crippen LogP contribution in [0.5, 0.6) is 0 Å². The molecule has 0 radical (unpaired) electrons. The molecule has 0 aromatic heterocycles. The van der Waals surface area contributed by atoms with Crippen LogP contribution in [-0.2, 0) is 19.6 Å². The lowest BCUT2D eigenvalue weighted by molar-refractivity contribution is -0.141. The van der Waals surface area contributed by atoms with Gasteiger partial charge in [0.1, 0.15) is 0 Å². The van der Waals surface area contributed by atoms with E-state index in [1.54, 1.807) is 11.8 Å².